The normalized spacial score (nSPS) is 15.9. The molecule has 0 aromatic carbocycles. The van der Waals surface area contributed by atoms with Gasteiger partial charge in [0.25, 0.3) is 0 Å². The van der Waals surface area contributed by atoms with E-state index in [4.69, 9.17) is 4.42 Å². The van der Waals surface area contributed by atoms with Gasteiger partial charge in [0.15, 0.2) is 0 Å². The van der Waals surface area contributed by atoms with Crippen LogP contribution in [0.2, 0.25) is 0 Å². The van der Waals surface area contributed by atoms with Crippen LogP contribution in [0.3, 0.4) is 0 Å². The molecular weight excluding hydrogens is 180 g/mol. The van der Waals surface area contributed by atoms with Gasteiger partial charge < -0.3 is 14.6 Å². The molecular formula is C9H16N4O. The molecule has 1 aliphatic carbocycles. The monoisotopic (exact) mass is 196 g/mol. The van der Waals surface area contributed by atoms with E-state index in [0.717, 1.165) is 6.54 Å². The van der Waals surface area contributed by atoms with Crippen LogP contribution in [-0.2, 0) is 6.54 Å². The molecule has 1 aliphatic rings. The third-order valence-electron chi connectivity index (χ3n) is 2.36. The standard InChI is InChI=1S/C9H16N4O/c1-3-13(7-4-5-7)9-12-11-8(14-9)6-10-2/h7,10H,3-6H2,1-2H3. The number of nitrogens with zero attached hydrogens (tertiary/aromatic N) is 3. The fraction of sp³-hybridized carbons (Fsp3) is 0.778. The lowest BCUT2D eigenvalue weighted by Gasteiger charge is -2.16. The zero-order valence-corrected chi connectivity index (χ0v) is 8.66. The van der Waals surface area contributed by atoms with Crippen LogP contribution in [0.4, 0.5) is 6.01 Å². The first-order chi connectivity index (χ1) is 6.85. The summed E-state index contributed by atoms with van der Waals surface area (Å²) in [6.45, 7) is 3.68. The van der Waals surface area contributed by atoms with Crippen molar-refractivity contribution in [1.82, 2.24) is 15.5 Å². The summed E-state index contributed by atoms with van der Waals surface area (Å²) in [7, 11) is 1.86. The van der Waals surface area contributed by atoms with Crippen molar-refractivity contribution in [3.63, 3.8) is 0 Å². The van der Waals surface area contributed by atoms with Gasteiger partial charge in [0.1, 0.15) is 0 Å². The Kier molecular flexibility index (Phi) is 2.67. The van der Waals surface area contributed by atoms with E-state index < -0.39 is 0 Å². The van der Waals surface area contributed by atoms with E-state index in [2.05, 4.69) is 27.3 Å². The molecule has 2 rings (SSSR count). The highest BCUT2D eigenvalue weighted by atomic mass is 16.4. The first-order valence-electron chi connectivity index (χ1n) is 5.08. The van der Waals surface area contributed by atoms with Crippen LogP contribution in [0, 0.1) is 0 Å². The van der Waals surface area contributed by atoms with Gasteiger partial charge in [0.2, 0.25) is 5.89 Å². The van der Waals surface area contributed by atoms with Gasteiger partial charge in [-0.05, 0) is 26.8 Å². The van der Waals surface area contributed by atoms with Crippen molar-refractivity contribution >= 4 is 6.01 Å². The van der Waals surface area contributed by atoms with E-state index in [-0.39, 0.29) is 0 Å². The molecule has 0 unspecified atom stereocenters. The third kappa shape index (κ3) is 1.87. The Morgan fingerprint density at radius 3 is 2.86 bits per heavy atom. The van der Waals surface area contributed by atoms with E-state index in [0.29, 0.717) is 24.5 Å². The number of anilines is 1. The molecule has 14 heavy (non-hydrogen) atoms. The number of rotatable bonds is 5. The number of aromatic nitrogens is 2. The summed E-state index contributed by atoms with van der Waals surface area (Å²) in [5.74, 6) is 0.654. The van der Waals surface area contributed by atoms with Gasteiger partial charge >= 0.3 is 6.01 Å². The van der Waals surface area contributed by atoms with Crippen LogP contribution in [0.25, 0.3) is 0 Å². The van der Waals surface area contributed by atoms with E-state index in [1.807, 2.05) is 7.05 Å². The molecule has 0 atom stereocenters. The maximum absolute atomic E-state index is 5.52. The van der Waals surface area contributed by atoms with Gasteiger partial charge in [-0.1, -0.05) is 5.10 Å². The summed E-state index contributed by atoms with van der Waals surface area (Å²) in [5.41, 5.74) is 0. The number of hydrogen-bond donors (Lipinski definition) is 1. The van der Waals surface area contributed by atoms with Crippen LogP contribution in [0.1, 0.15) is 25.7 Å². The quantitative estimate of drug-likeness (QED) is 0.754. The highest BCUT2D eigenvalue weighted by Crippen LogP contribution is 2.30. The van der Waals surface area contributed by atoms with Crippen molar-refractivity contribution < 1.29 is 4.42 Å². The summed E-state index contributed by atoms with van der Waals surface area (Å²) in [6.07, 6.45) is 2.50. The zero-order chi connectivity index (χ0) is 9.97. The lowest BCUT2D eigenvalue weighted by molar-refractivity contribution is 0.470. The maximum Gasteiger partial charge on any atom is 0.318 e. The molecule has 1 heterocycles. The third-order valence-corrected chi connectivity index (χ3v) is 2.36. The SMILES string of the molecule is CCN(c1nnc(CNC)o1)C1CC1. The minimum atomic E-state index is 0.628. The minimum absolute atomic E-state index is 0.628. The van der Waals surface area contributed by atoms with Crippen LogP contribution in [-0.4, -0.2) is 29.8 Å². The van der Waals surface area contributed by atoms with Crippen molar-refractivity contribution in [3.05, 3.63) is 5.89 Å². The molecule has 1 aromatic heterocycles. The smallest absolute Gasteiger partial charge is 0.318 e. The fourth-order valence-corrected chi connectivity index (χ4v) is 1.52. The highest BCUT2D eigenvalue weighted by Gasteiger charge is 2.31. The van der Waals surface area contributed by atoms with Gasteiger partial charge in [0, 0.05) is 12.6 Å². The van der Waals surface area contributed by atoms with E-state index in [9.17, 15) is 0 Å². The average Bonchev–Trinajstić information content (AvgIpc) is 2.90. The van der Waals surface area contributed by atoms with Crippen LogP contribution >= 0.6 is 0 Å². The Hall–Kier alpha value is -1.10. The lowest BCUT2D eigenvalue weighted by Crippen LogP contribution is -2.25. The highest BCUT2D eigenvalue weighted by molar-refractivity contribution is 5.29. The van der Waals surface area contributed by atoms with Crippen molar-refractivity contribution in [1.29, 1.82) is 0 Å². The van der Waals surface area contributed by atoms with E-state index >= 15 is 0 Å². The largest absolute Gasteiger partial charge is 0.407 e. The van der Waals surface area contributed by atoms with Crippen molar-refractivity contribution in [2.45, 2.75) is 32.4 Å². The molecule has 1 saturated carbocycles. The van der Waals surface area contributed by atoms with E-state index in [1.165, 1.54) is 12.8 Å². The predicted octanol–water partition coefficient (Wildman–Crippen LogP) is 0.778. The fourth-order valence-electron chi connectivity index (χ4n) is 1.52. The van der Waals surface area contributed by atoms with Crippen molar-refractivity contribution in [2.75, 3.05) is 18.5 Å². The number of hydrogen-bond acceptors (Lipinski definition) is 5. The van der Waals surface area contributed by atoms with Gasteiger partial charge in [-0.15, -0.1) is 5.10 Å². The summed E-state index contributed by atoms with van der Waals surface area (Å²) >= 11 is 0. The zero-order valence-electron chi connectivity index (χ0n) is 8.66. The second kappa shape index (κ2) is 3.96. The Bertz CT molecular complexity index is 295. The summed E-state index contributed by atoms with van der Waals surface area (Å²) in [6, 6.07) is 1.29. The second-order valence-electron chi connectivity index (χ2n) is 3.53. The Morgan fingerprint density at radius 1 is 1.50 bits per heavy atom. The molecule has 0 amide bonds. The predicted molar refractivity (Wildman–Crippen MR) is 53.1 cm³/mol. The van der Waals surface area contributed by atoms with E-state index in [1.54, 1.807) is 0 Å². The van der Waals surface area contributed by atoms with Gasteiger partial charge in [-0.3, -0.25) is 0 Å². The number of nitrogens with one attached hydrogen (secondary N) is 1. The molecule has 0 radical (unpaired) electrons. The summed E-state index contributed by atoms with van der Waals surface area (Å²) in [4.78, 5) is 2.17. The summed E-state index contributed by atoms with van der Waals surface area (Å²) < 4.78 is 5.52. The van der Waals surface area contributed by atoms with Gasteiger partial charge in [-0.25, -0.2) is 0 Å². The average molecular weight is 196 g/mol. The molecule has 1 fully saturated rings. The van der Waals surface area contributed by atoms with Crippen LogP contribution < -0.4 is 10.2 Å². The van der Waals surface area contributed by atoms with Crippen LogP contribution in [0.5, 0.6) is 0 Å². The second-order valence-corrected chi connectivity index (χ2v) is 3.53. The summed E-state index contributed by atoms with van der Waals surface area (Å²) in [5, 5.41) is 11.0. The molecule has 0 spiro atoms. The molecule has 0 saturated heterocycles. The van der Waals surface area contributed by atoms with Crippen molar-refractivity contribution in [3.8, 4) is 0 Å². The Labute approximate surface area is 83.5 Å². The van der Waals surface area contributed by atoms with Crippen molar-refractivity contribution in [2.24, 2.45) is 0 Å². The topological polar surface area (TPSA) is 54.2 Å². The maximum atomic E-state index is 5.52. The minimum Gasteiger partial charge on any atom is -0.407 e. The first kappa shape index (κ1) is 9.45. The Morgan fingerprint density at radius 2 is 2.29 bits per heavy atom. The molecule has 0 bridgehead atoms. The van der Waals surface area contributed by atoms with Gasteiger partial charge in [0.05, 0.1) is 6.54 Å². The molecule has 5 nitrogen and oxygen atoms in total. The molecule has 78 valence electrons. The molecule has 0 aliphatic heterocycles. The lowest BCUT2D eigenvalue weighted by atomic mass is 10.5. The first-order valence-corrected chi connectivity index (χ1v) is 5.08. The Balaban J connectivity index is 2.05. The van der Waals surface area contributed by atoms with Crippen LogP contribution in [0.15, 0.2) is 4.42 Å². The molecule has 1 N–H and O–H groups in total. The molecule has 5 heteroatoms. The molecule has 1 aromatic rings. The van der Waals surface area contributed by atoms with Gasteiger partial charge in [-0.2, -0.15) is 0 Å².